The minimum atomic E-state index is -0.463. The van der Waals surface area contributed by atoms with E-state index in [1.54, 1.807) is 0 Å². The van der Waals surface area contributed by atoms with Gasteiger partial charge in [-0.15, -0.1) is 11.3 Å². The lowest BCUT2D eigenvalue weighted by atomic mass is 9.67. The van der Waals surface area contributed by atoms with Gasteiger partial charge in [0.05, 0.1) is 5.41 Å². The van der Waals surface area contributed by atoms with Crippen molar-refractivity contribution in [2.45, 2.75) is 12.3 Å². The lowest BCUT2D eigenvalue weighted by Crippen LogP contribution is -2.28. The third-order valence-electron chi connectivity index (χ3n) is 10.8. The molecule has 0 radical (unpaired) electrons. The maximum Gasteiger partial charge on any atom is 0.0714 e. The van der Waals surface area contributed by atoms with E-state index >= 15 is 0 Å². The van der Waals surface area contributed by atoms with E-state index in [9.17, 15) is 0 Å². The van der Waals surface area contributed by atoms with Crippen LogP contribution in [0.25, 0.3) is 42.4 Å². The molecule has 0 unspecified atom stereocenters. The smallest absolute Gasteiger partial charge is 0.0714 e. The Morgan fingerprint density at radius 1 is 0.423 bits per heavy atom. The molecule has 8 aromatic carbocycles. The summed E-state index contributed by atoms with van der Waals surface area (Å²) in [4.78, 5) is 2.42. The first-order valence-corrected chi connectivity index (χ1v) is 18.7. The fraction of sp³-hybridized carbons (Fsp3) is 0.0400. The summed E-state index contributed by atoms with van der Waals surface area (Å²) in [6.45, 7) is 2.17. The first-order chi connectivity index (χ1) is 25.7. The van der Waals surface area contributed by atoms with Crippen LogP contribution in [0.15, 0.2) is 194 Å². The van der Waals surface area contributed by atoms with Crippen molar-refractivity contribution >= 4 is 48.6 Å². The van der Waals surface area contributed by atoms with E-state index in [0.717, 1.165) is 17.1 Å². The highest BCUT2D eigenvalue weighted by Crippen LogP contribution is 2.57. The van der Waals surface area contributed by atoms with Gasteiger partial charge >= 0.3 is 0 Å². The van der Waals surface area contributed by atoms with Gasteiger partial charge in [0.15, 0.2) is 0 Å². The van der Waals surface area contributed by atoms with Gasteiger partial charge in [-0.2, -0.15) is 0 Å². The molecule has 0 fully saturated rings. The maximum atomic E-state index is 2.45. The number of hydrogen-bond donors (Lipinski definition) is 0. The summed E-state index contributed by atoms with van der Waals surface area (Å²) in [6, 6.07) is 71.6. The molecule has 1 aromatic heterocycles. The molecule has 0 N–H and O–H groups in total. The van der Waals surface area contributed by atoms with Gasteiger partial charge in [0.1, 0.15) is 0 Å². The Morgan fingerprint density at radius 2 is 1.02 bits per heavy atom. The monoisotopic (exact) mass is 681 g/mol. The Balaban J connectivity index is 1.17. The van der Waals surface area contributed by atoms with Crippen molar-refractivity contribution in [3.8, 4) is 22.3 Å². The molecule has 10 rings (SSSR count). The quantitative estimate of drug-likeness (QED) is 0.169. The summed E-state index contributed by atoms with van der Waals surface area (Å²) in [5, 5.41) is 2.65. The van der Waals surface area contributed by atoms with Crippen LogP contribution in [0, 0.1) is 6.92 Å². The number of fused-ring (bicyclic) bond motifs is 6. The number of rotatable bonds is 6. The SMILES string of the molecule is Cc1cccc(N(c2ccc(-c3cccc4c3sc3ccccc34)cc2)c2ccc3c(c2)C(c2ccccc2)(c2ccccc2)c2ccccc2-3)c1. The molecule has 246 valence electrons. The normalized spacial score (nSPS) is 12.9. The van der Waals surface area contributed by atoms with Crippen LogP contribution in [0.5, 0.6) is 0 Å². The Morgan fingerprint density at radius 3 is 1.79 bits per heavy atom. The van der Waals surface area contributed by atoms with Crippen molar-refractivity contribution < 1.29 is 0 Å². The van der Waals surface area contributed by atoms with Crippen molar-refractivity contribution in [3.05, 3.63) is 222 Å². The van der Waals surface area contributed by atoms with Gasteiger partial charge in [0.25, 0.3) is 0 Å². The van der Waals surface area contributed by atoms with E-state index in [2.05, 4.69) is 206 Å². The summed E-state index contributed by atoms with van der Waals surface area (Å²) in [5.41, 5.74) is 14.4. The Hall–Kier alpha value is -6.22. The molecule has 0 atom stereocenters. The molecule has 0 aliphatic heterocycles. The minimum Gasteiger partial charge on any atom is -0.310 e. The number of hydrogen-bond acceptors (Lipinski definition) is 2. The number of anilines is 3. The second kappa shape index (κ2) is 12.2. The van der Waals surface area contributed by atoms with Gasteiger partial charge in [-0.05, 0) is 99.5 Å². The molecule has 0 saturated carbocycles. The van der Waals surface area contributed by atoms with Crippen molar-refractivity contribution in [3.63, 3.8) is 0 Å². The predicted octanol–water partition coefficient (Wildman–Crippen LogP) is 13.9. The number of aryl methyl sites for hydroxylation is 1. The molecule has 0 saturated heterocycles. The number of nitrogens with zero attached hydrogens (tertiary/aromatic N) is 1. The average Bonchev–Trinajstić information content (AvgIpc) is 3.73. The van der Waals surface area contributed by atoms with Crippen LogP contribution in [-0.2, 0) is 5.41 Å². The van der Waals surface area contributed by atoms with Gasteiger partial charge in [-0.25, -0.2) is 0 Å². The van der Waals surface area contributed by atoms with Crippen molar-refractivity contribution in [2.75, 3.05) is 4.90 Å². The molecule has 9 aromatic rings. The van der Waals surface area contributed by atoms with E-state index in [-0.39, 0.29) is 0 Å². The molecule has 0 spiro atoms. The standard InChI is InChI=1S/C50H35NS/c1-34-14-12-19-39(32-34)51(38-28-26-35(27-29-38)41-22-13-23-45-44-21-9-11-25-48(44)52-49(41)45)40-30-31-43-42-20-8-10-24-46(42)50(47(43)33-40,36-15-4-2-5-16-36)37-17-6-3-7-18-37/h2-33H,1H3. The summed E-state index contributed by atoms with van der Waals surface area (Å²) in [6.07, 6.45) is 0. The van der Waals surface area contributed by atoms with E-state index in [0.29, 0.717) is 0 Å². The predicted molar refractivity (Wildman–Crippen MR) is 221 cm³/mol. The summed E-state index contributed by atoms with van der Waals surface area (Å²) < 4.78 is 2.66. The third kappa shape index (κ3) is 4.68. The van der Waals surface area contributed by atoms with Crippen LogP contribution in [-0.4, -0.2) is 0 Å². The lowest BCUT2D eigenvalue weighted by molar-refractivity contribution is 0.768. The summed E-state index contributed by atoms with van der Waals surface area (Å²) in [7, 11) is 0. The van der Waals surface area contributed by atoms with Gasteiger partial charge in [-0.1, -0.05) is 152 Å². The second-order valence-electron chi connectivity index (χ2n) is 13.8. The van der Waals surface area contributed by atoms with Crippen LogP contribution in [0.4, 0.5) is 17.1 Å². The van der Waals surface area contributed by atoms with Crippen LogP contribution < -0.4 is 4.90 Å². The van der Waals surface area contributed by atoms with Gasteiger partial charge in [-0.3, -0.25) is 0 Å². The van der Waals surface area contributed by atoms with Crippen LogP contribution in [0.2, 0.25) is 0 Å². The fourth-order valence-electron chi connectivity index (χ4n) is 8.55. The molecule has 0 bridgehead atoms. The zero-order valence-corrected chi connectivity index (χ0v) is 29.6. The Labute approximate surface area is 308 Å². The van der Waals surface area contributed by atoms with E-state index in [1.807, 2.05) is 11.3 Å². The first-order valence-electron chi connectivity index (χ1n) is 17.9. The topological polar surface area (TPSA) is 3.24 Å². The summed E-state index contributed by atoms with van der Waals surface area (Å²) in [5.74, 6) is 0. The van der Waals surface area contributed by atoms with Gasteiger partial charge in [0, 0.05) is 37.2 Å². The number of thiophene rings is 1. The van der Waals surface area contributed by atoms with Crippen LogP contribution in [0.1, 0.15) is 27.8 Å². The average molecular weight is 682 g/mol. The zero-order valence-electron chi connectivity index (χ0n) is 28.8. The highest BCUT2D eigenvalue weighted by Gasteiger charge is 2.46. The molecule has 1 heterocycles. The number of benzene rings is 8. The second-order valence-corrected chi connectivity index (χ2v) is 14.8. The van der Waals surface area contributed by atoms with Crippen molar-refractivity contribution in [2.24, 2.45) is 0 Å². The third-order valence-corrected chi connectivity index (χ3v) is 12.0. The zero-order chi connectivity index (χ0) is 34.6. The molecule has 52 heavy (non-hydrogen) atoms. The van der Waals surface area contributed by atoms with E-state index in [4.69, 9.17) is 0 Å². The molecule has 1 aliphatic carbocycles. The molecule has 0 amide bonds. The Bertz CT molecular complexity index is 2700. The first kappa shape index (κ1) is 30.6. The molecule has 1 aliphatic rings. The summed E-state index contributed by atoms with van der Waals surface area (Å²) >= 11 is 1.88. The highest BCUT2D eigenvalue weighted by atomic mass is 32.1. The van der Waals surface area contributed by atoms with Gasteiger partial charge in [0.2, 0.25) is 0 Å². The largest absolute Gasteiger partial charge is 0.310 e. The Kier molecular flexibility index (Phi) is 7.19. The molecular formula is C50H35NS. The van der Waals surface area contributed by atoms with Crippen molar-refractivity contribution in [1.29, 1.82) is 0 Å². The van der Waals surface area contributed by atoms with E-state index < -0.39 is 5.41 Å². The van der Waals surface area contributed by atoms with Crippen LogP contribution >= 0.6 is 11.3 Å². The van der Waals surface area contributed by atoms with Crippen LogP contribution in [0.3, 0.4) is 0 Å². The van der Waals surface area contributed by atoms with E-state index in [1.165, 1.54) is 70.2 Å². The highest BCUT2D eigenvalue weighted by molar-refractivity contribution is 7.26. The fourth-order valence-corrected chi connectivity index (χ4v) is 9.79. The maximum absolute atomic E-state index is 2.45. The molecule has 1 nitrogen and oxygen atoms in total. The molecular weight excluding hydrogens is 647 g/mol. The lowest BCUT2D eigenvalue weighted by Gasteiger charge is -2.35. The van der Waals surface area contributed by atoms with Crippen molar-refractivity contribution in [1.82, 2.24) is 0 Å². The molecule has 2 heteroatoms. The van der Waals surface area contributed by atoms with Gasteiger partial charge < -0.3 is 4.90 Å². The minimum absolute atomic E-state index is 0.463.